The van der Waals surface area contributed by atoms with Gasteiger partial charge in [-0.05, 0) is 50.2 Å². The molecular formula is C25H42N6O5S. The lowest BCUT2D eigenvalue weighted by atomic mass is 9.80. The van der Waals surface area contributed by atoms with Gasteiger partial charge in [0.15, 0.2) is 10.9 Å². The maximum Gasteiger partial charge on any atom is 0.312 e. The molecule has 1 rings (SSSR count). The van der Waals surface area contributed by atoms with E-state index in [-0.39, 0.29) is 29.4 Å². The summed E-state index contributed by atoms with van der Waals surface area (Å²) in [6.07, 6.45) is 5.26. The minimum atomic E-state index is -0.716. The minimum absolute atomic E-state index is 0.0733. The Bertz CT molecular complexity index is 871. The van der Waals surface area contributed by atoms with Crippen molar-refractivity contribution in [2.75, 3.05) is 19.6 Å². The number of Topliss-reactive ketones (excluding diaryl/α,β-unsaturated/α-hetero) is 1. The molecule has 1 heterocycles. The van der Waals surface area contributed by atoms with Crippen LogP contribution in [0, 0.1) is 11.3 Å². The fourth-order valence-corrected chi connectivity index (χ4v) is 3.90. The molecule has 37 heavy (non-hydrogen) atoms. The van der Waals surface area contributed by atoms with Crippen molar-refractivity contribution < 1.29 is 24.0 Å². The first-order chi connectivity index (χ1) is 17.3. The normalized spacial score (nSPS) is 14.9. The van der Waals surface area contributed by atoms with Gasteiger partial charge >= 0.3 is 6.03 Å². The highest BCUT2D eigenvalue weighted by molar-refractivity contribution is 7.80. The number of nitrogens with zero attached hydrogens (tertiary/aromatic N) is 1. The largest absolute Gasteiger partial charge is 0.363 e. The number of carbonyl (C=O) groups is 5. The zero-order valence-electron chi connectivity index (χ0n) is 22.5. The molecule has 0 aromatic heterocycles. The summed E-state index contributed by atoms with van der Waals surface area (Å²) >= 11 is 5.37. The smallest absolute Gasteiger partial charge is 0.312 e. The maximum absolute atomic E-state index is 13.2. The van der Waals surface area contributed by atoms with Crippen molar-refractivity contribution in [2.24, 2.45) is 17.1 Å². The van der Waals surface area contributed by atoms with Gasteiger partial charge in [-0.3, -0.25) is 24.1 Å². The summed E-state index contributed by atoms with van der Waals surface area (Å²) in [7, 11) is 0. The quantitative estimate of drug-likeness (QED) is 0.111. The monoisotopic (exact) mass is 538 g/mol. The van der Waals surface area contributed by atoms with E-state index < -0.39 is 23.5 Å². The van der Waals surface area contributed by atoms with Crippen LogP contribution < -0.4 is 27.0 Å². The highest BCUT2D eigenvalue weighted by atomic mass is 32.1. The third-order valence-electron chi connectivity index (χ3n) is 6.38. The highest BCUT2D eigenvalue weighted by Crippen LogP contribution is 2.24. The number of imide groups is 1. The molecule has 0 saturated carbocycles. The fourth-order valence-electron chi connectivity index (χ4n) is 3.67. The summed E-state index contributed by atoms with van der Waals surface area (Å²) in [5, 5.41) is 11.8. The molecular weight excluding hydrogens is 496 g/mol. The number of nitrogens with two attached hydrogens (primary N) is 1. The Labute approximate surface area is 224 Å². The van der Waals surface area contributed by atoms with Crippen LogP contribution in [0.4, 0.5) is 4.79 Å². The Morgan fingerprint density at radius 1 is 1.00 bits per heavy atom. The lowest BCUT2D eigenvalue weighted by Gasteiger charge is -2.30. The molecule has 5 amide bonds. The average Bonchev–Trinajstić information content (AvgIpc) is 3.15. The van der Waals surface area contributed by atoms with Gasteiger partial charge in [-0.2, -0.15) is 0 Å². The summed E-state index contributed by atoms with van der Waals surface area (Å²) in [5.74, 6) is -1.14. The van der Waals surface area contributed by atoms with Crippen molar-refractivity contribution in [1.82, 2.24) is 26.2 Å². The van der Waals surface area contributed by atoms with E-state index in [1.165, 1.54) is 17.1 Å². The molecule has 0 radical (unpaired) electrons. The zero-order chi connectivity index (χ0) is 28.2. The number of carbonyl (C=O) groups excluding carboxylic acids is 5. The predicted octanol–water partition coefficient (Wildman–Crippen LogP) is 1.12. The number of nitrogens with one attached hydrogen (secondary N) is 4. The van der Waals surface area contributed by atoms with Gasteiger partial charge < -0.3 is 27.0 Å². The molecule has 0 saturated heterocycles. The second kappa shape index (κ2) is 15.3. The Balaban J connectivity index is 2.64. The van der Waals surface area contributed by atoms with Gasteiger partial charge in [0, 0.05) is 37.2 Å². The van der Waals surface area contributed by atoms with Gasteiger partial charge in [0.2, 0.25) is 5.91 Å². The van der Waals surface area contributed by atoms with Crippen LogP contribution in [0.25, 0.3) is 0 Å². The molecule has 12 heteroatoms. The molecule has 208 valence electrons. The molecule has 0 bridgehead atoms. The van der Waals surface area contributed by atoms with Gasteiger partial charge in [0.1, 0.15) is 6.04 Å². The number of urea groups is 1. The van der Waals surface area contributed by atoms with Gasteiger partial charge in [0.25, 0.3) is 11.8 Å². The van der Waals surface area contributed by atoms with Crippen LogP contribution in [-0.2, 0) is 19.2 Å². The Morgan fingerprint density at radius 2 is 1.59 bits per heavy atom. The van der Waals surface area contributed by atoms with Crippen LogP contribution >= 0.6 is 12.2 Å². The molecule has 2 atom stereocenters. The van der Waals surface area contributed by atoms with Crippen molar-refractivity contribution in [3.8, 4) is 0 Å². The Hall–Kier alpha value is -3.02. The predicted molar refractivity (Wildman–Crippen MR) is 145 cm³/mol. The van der Waals surface area contributed by atoms with Gasteiger partial charge in [-0.1, -0.05) is 34.6 Å². The number of hydrogen-bond acceptors (Lipinski definition) is 6. The van der Waals surface area contributed by atoms with Crippen molar-refractivity contribution in [3.05, 3.63) is 12.2 Å². The first kappa shape index (κ1) is 32.0. The molecule has 0 spiro atoms. The molecule has 0 unspecified atom stereocenters. The molecule has 0 aromatic rings. The molecule has 0 fully saturated rings. The van der Waals surface area contributed by atoms with E-state index in [2.05, 4.69) is 21.3 Å². The summed E-state index contributed by atoms with van der Waals surface area (Å²) < 4.78 is 0. The summed E-state index contributed by atoms with van der Waals surface area (Å²) in [5.41, 5.74) is 4.49. The van der Waals surface area contributed by atoms with Crippen molar-refractivity contribution in [3.63, 3.8) is 0 Å². The maximum atomic E-state index is 13.2. The topological polar surface area (TPSA) is 163 Å². The van der Waals surface area contributed by atoms with E-state index >= 15 is 0 Å². The lowest BCUT2D eigenvalue weighted by molar-refractivity contribution is -0.136. The van der Waals surface area contributed by atoms with Crippen LogP contribution in [0.15, 0.2) is 12.2 Å². The number of thiocarbonyl (C=S) groups is 1. The average molecular weight is 539 g/mol. The molecule has 0 aromatic carbocycles. The first-order valence-electron chi connectivity index (χ1n) is 12.8. The van der Waals surface area contributed by atoms with Crippen molar-refractivity contribution in [2.45, 2.75) is 78.8 Å². The number of hydrogen-bond donors (Lipinski definition) is 5. The summed E-state index contributed by atoms with van der Waals surface area (Å²) in [4.78, 5) is 61.7. The van der Waals surface area contributed by atoms with E-state index in [1.54, 1.807) is 0 Å². The number of amides is 5. The van der Waals surface area contributed by atoms with E-state index in [9.17, 15) is 24.0 Å². The fraction of sp³-hybridized carbons (Fsp3) is 0.680. The summed E-state index contributed by atoms with van der Waals surface area (Å²) in [6.45, 7) is 10.5. The molecule has 11 nitrogen and oxygen atoms in total. The van der Waals surface area contributed by atoms with Crippen LogP contribution in [0.2, 0.25) is 0 Å². The third-order valence-corrected chi connectivity index (χ3v) is 6.65. The molecule has 1 aliphatic heterocycles. The van der Waals surface area contributed by atoms with Gasteiger partial charge in [-0.25, -0.2) is 4.79 Å². The third kappa shape index (κ3) is 10.9. The second-order valence-electron chi connectivity index (χ2n) is 10.1. The summed E-state index contributed by atoms with van der Waals surface area (Å²) in [6, 6.07) is -2.03. The minimum Gasteiger partial charge on any atom is -0.363 e. The molecule has 6 N–H and O–H groups in total. The van der Waals surface area contributed by atoms with Crippen LogP contribution in [0.1, 0.15) is 66.7 Å². The SMILES string of the molecule is CCC(C)(C)C(=O)[C@H](CCCNC(N)=O)NC(=O)[C@@H](NC(=S)NCCCCN1C(=O)C=CC1=O)C(C)C. The number of primary amides is 1. The number of ketones is 1. The molecule has 1 aliphatic rings. The van der Waals surface area contributed by atoms with Crippen LogP contribution in [0.5, 0.6) is 0 Å². The van der Waals surface area contributed by atoms with E-state index in [0.29, 0.717) is 56.9 Å². The highest BCUT2D eigenvalue weighted by Gasteiger charge is 2.34. The number of rotatable bonds is 16. The van der Waals surface area contributed by atoms with E-state index in [1.807, 2.05) is 34.6 Å². The van der Waals surface area contributed by atoms with Gasteiger partial charge in [0.05, 0.1) is 6.04 Å². The first-order valence-corrected chi connectivity index (χ1v) is 13.2. The molecule has 0 aliphatic carbocycles. The van der Waals surface area contributed by atoms with Crippen molar-refractivity contribution >= 4 is 46.9 Å². The van der Waals surface area contributed by atoms with Crippen molar-refractivity contribution in [1.29, 1.82) is 0 Å². The van der Waals surface area contributed by atoms with Crippen LogP contribution in [0.3, 0.4) is 0 Å². The number of unbranched alkanes of at least 4 members (excludes halogenated alkanes) is 1. The second-order valence-corrected chi connectivity index (χ2v) is 10.5. The Kier molecular flexibility index (Phi) is 13.2. The zero-order valence-corrected chi connectivity index (χ0v) is 23.3. The van der Waals surface area contributed by atoms with Crippen LogP contribution in [-0.4, -0.2) is 71.3 Å². The van der Waals surface area contributed by atoms with E-state index in [0.717, 1.165) is 0 Å². The Morgan fingerprint density at radius 3 is 2.14 bits per heavy atom. The standard InChI is InChI=1S/C25H42N6O5S/c1-6-25(4,5)21(34)17(10-9-14-27-23(26)36)29-22(35)20(16(2)3)30-24(37)28-13-7-8-15-31-18(32)11-12-19(31)33/h11-12,16-17,20H,6-10,13-15H2,1-5H3,(H,29,35)(H3,26,27,36)(H2,28,30,37)/t17-,20-/m0/s1. The lowest BCUT2D eigenvalue weighted by Crippen LogP contribution is -2.56. The van der Waals surface area contributed by atoms with E-state index in [4.69, 9.17) is 18.0 Å². The van der Waals surface area contributed by atoms with Gasteiger partial charge in [-0.15, -0.1) is 0 Å².